The van der Waals surface area contributed by atoms with E-state index in [1.807, 2.05) is 53.6 Å². The predicted molar refractivity (Wildman–Crippen MR) is 137 cm³/mol. The molecule has 2 aliphatic rings. The molecule has 1 amide bonds. The Morgan fingerprint density at radius 1 is 1.06 bits per heavy atom. The van der Waals surface area contributed by atoms with Crippen LogP contribution < -0.4 is 0 Å². The third kappa shape index (κ3) is 4.48. The van der Waals surface area contributed by atoms with Gasteiger partial charge in [-0.2, -0.15) is 0 Å². The summed E-state index contributed by atoms with van der Waals surface area (Å²) in [5.41, 5.74) is 3.07. The first-order valence-corrected chi connectivity index (χ1v) is 13.3. The van der Waals surface area contributed by atoms with Gasteiger partial charge in [-0.1, -0.05) is 60.3 Å². The number of H-pyrrole nitrogens is 1. The molecule has 2 saturated heterocycles. The first-order valence-electron chi connectivity index (χ1n) is 12.4. The van der Waals surface area contributed by atoms with Crippen LogP contribution in [0.5, 0.6) is 0 Å². The van der Waals surface area contributed by atoms with Crippen molar-refractivity contribution in [1.82, 2.24) is 24.6 Å². The van der Waals surface area contributed by atoms with Crippen molar-refractivity contribution in [1.29, 1.82) is 0 Å². The van der Waals surface area contributed by atoms with Gasteiger partial charge in [0.05, 0.1) is 12.6 Å². The molecule has 8 heteroatoms. The molecule has 2 unspecified atom stereocenters. The van der Waals surface area contributed by atoms with Crippen molar-refractivity contribution in [3.8, 4) is 11.4 Å². The number of hydrogen-bond donors (Lipinski definition) is 1. The Morgan fingerprint density at radius 3 is 2.66 bits per heavy atom. The van der Waals surface area contributed by atoms with Gasteiger partial charge in [-0.05, 0) is 37.3 Å². The second-order valence-corrected chi connectivity index (χ2v) is 10.3. The number of amides is 1. The molecule has 2 fully saturated rings. The summed E-state index contributed by atoms with van der Waals surface area (Å²) in [5.74, 6) is 0.958. The number of hydrogen-bond acceptors (Lipinski definition) is 5. The van der Waals surface area contributed by atoms with Crippen LogP contribution in [-0.2, 0) is 16.1 Å². The summed E-state index contributed by atoms with van der Waals surface area (Å²) in [5, 5.41) is 10.8. The van der Waals surface area contributed by atoms with Crippen LogP contribution >= 0.6 is 11.8 Å². The third-order valence-corrected chi connectivity index (χ3v) is 8.15. The lowest BCUT2D eigenvalue weighted by Gasteiger charge is -2.23. The van der Waals surface area contributed by atoms with Gasteiger partial charge < -0.3 is 14.6 Å². The Morgan fingerprint density at radius 2 is 1.86 bits per heavy atom. The van der Waals surface area contributed by atoms with Gasteiger partial charge >= 0.3 is 0 Å². The van der Waals surface area contributed by atoms with Crippen molar-refractivity contribution in [2.45, 2.75) is 48.7 Å². The fourth-order valence-corrected chi connectivity index (χ4v) is 6.22. The second kappa shape index (κ2) is 9.87. The first-order chi connectivity index (χ1) is 17.3. The molecule has 6 rings (SSSR count). The zero-order valence-electron chi connectivity index (χ0n) is 19.6. The van der Waals surface area contributed by atoms with Crippen LogP contribution in [0.25, 0.3) is 22.3 Å². The Bertz CT molecular complexity index is 1310. The van der Waals surface area contributed by atoms with E-state index in [0.717, 1.165) is 78.4 Å². The van der Waals surface area contributed by atoms with Gasteiger partial charge in [0.2, 0.25) is 5.91 Å². The molecule has 0 aliphatic carbocycles. The SMILES string of the molecule is O=C(C(Sc1nnc(-c2c[nH]c3ccccc23)n1CC1CCCO1)c1ccccc1)N1CCCC1. The zero-order valence-corrected chi connectivity index (χ0v) is 20.4. The molecule has 0 saturated carbocycles. The van der Waals surface area contributed by atoms with Gasteiger partial charge in [0, 0.05) is 42.4 Å². The Hall–Kier alpha value is -3.10. The number of nitrogens with zero attached hydrogens (tertiary/aromatic N) is 4. The minimum absolute atomic E-state index is 0.124. The molecule has 0 radical (unpaired) electrons. The number of carbonyl (C=O) groups is 1. The van der Waals surface area contributed by atoms with E-state index in [2.05, 4.69) is 31.9 Å². The van der Waals surface area contributed by atoms with Crippen LogP contribution in [0.1, 0.15) is 36.5 Å². The molecular formula is C27H29N5O2S. The van der Waals surface area contributed by atoms with Crippen molar-refractivity contribution < 1.29 is 9.53 Å². The third-order valence-electron chi connectivity index (χ3n) is 6.92. The smallest absolute Gasteiger partial charge is 0.240 e. The van der Waals surface area contributed by atoms with Gasteiger partial charge in [-0.3, -0.25) is 9.36 Å². The number of likely N-dealkylation sites (tertiary alicyclic amines) is 1. The first kappa shape index (κ1) is 22.4. The number of rotatable bonds is 7. The second-order valence-electron chi connectivity index (χ2n) is 9.24. The lowest BCUT2D eigenvalue weighted by atomic mass is 10.1. The molecule has 2 aliphatic heterocycles. The molecule has 4 heterocycles. The van der Waals surface area contributed by atoms with Crippen LogP contribution in [0.2, 0.25) is 0 Å². The highest BCUT2D eigenvalue weighted by Crippen LogP contribution is 2.39. The van der Waals surface area contributed by atoms with Crippen molar-refractivity contribution in [3.05, 3.63) is 66.4 Å². The molecule has 2 aromatic heterocycles. The highest BCUT2D eigenvalue weighted by Gasteiger charge is 2.32. The summed E-state index contributed by atoms with van der Waals surface area (Å²) in [7, 11) is 0. The average Bonchev–Trinajstić information content (AvgIpc) is 3.71. The molecule has 4 aromatic rings. The number of aromatic amines is 1. The number of benzene rings is 2. The largest absolute Gasteiger partial charge is 0.376 e. The minimum atomic E-state index is -0.363. The van der Waals surface area contributed by atoms with E-state index in [1.165, 1.54) is 11.8 Å². The van der Waals surface area contributed by atoms with Crippen LogP contribution in [0.15, 0.2) is 66.0 Å². The number of para-hydroxylation sites is 1. The molecule has 0 spiro atoms. The van der Waals surface area contributed by atoms with Crippen molar-refractivity contribution in [2.24, 2.45) is 0 Å². The van der Waals surface area contributed by atoms with Crippen molar-refractivity contribution in [2.75, 3.05) is 19.7 Å². The van der Waals surface area contributed by atoms with Gasteiger partial charge in [-0.15, -0.1) is 10.2 Å². The molecule has 0 bridgehead atoms. The van der Waals surface area contributed by atoms with Gasteiger partial charge in [0.15, 0.2) is 11.0 Å². The van der Waals surface area contributed by atoms with E-state index < -0.39 is 0 Å². The highest BCUT2D eigenvalue weighted by atomic mass is 32.2. The predicted octanol–water partition coefficient (Wildman–Crippen LogP) is 5.06. The van der Waals surface area contributed by atoms with E-state index in [9.17, 15) is 4.79 Å². The zero-order chi connectivity index (χ0) is 23.6. The van der Waals surface area contributed by atoms with E-state index in [0.29, 0.717) is 6.54 Å². The normalized spacial score (nSPS) is 19.0. The number of thioether (sulfide) groups is 1. The van der Waals surface area contributed by atoms with Gasteiger partial charge in [-0.25, -0.2) is 0 Å². The van der Waals surface area contributed by atoms with Crippen molar-refractivity contribution >= 4 is 28.6 Å². The van der Waals surface area contributed by atoms with Crippen LogP contribution in [0, 0.1) is 0 Å². The maximum Gasteiger partial charge on any atom is 0.240 e. The van der Waals surface area contributed by atoms with Crippen LogP contribution in [0.4, 0.5) is 0 Å². The van der Waals surface area contributed by atoms with Gasteiger partial charge in [0.25, 0.3) is 0 Å². The Kier molecular flexibility index (Phi) is 6.31. The van der Waals surface area contributed by atoms with E-state index in [4.69, 9.17) is 4.74 Å². The topological polar surface area (TPSA) is 76.0 Å². The summed E-state index contributed by atoms with van der Waals surface area (Å²) < 4.78 is 8.15. The highest BCUT2D eigenvalue weighted by molar-refractivity contribution is 8.00. The Balaban J connectivity index is 1.40. The fraction of sp³-hybridized carbons (Fsp3) is 0.370. The summed E-state index contributed by atoms with van der Waals surface area (Å²) >= 11 is 1.50. The fourth-order valence-electron chi connectivity index (χ4n) is 5.09. The number of carbonyl (C=O) groups excluding carboxylic acids is 1. The molecule has 35 heavy (non-hydrogen) atoms. The number of ether oxygens (including phenoxy) is 1. The number of fused-ring (bicyclic) bond motifs is 1. The molecule has 2 aromatic carbocycles. The lowest BCUT2D eigenvalue weighted by molar-refractivity contribution is -0.129. The van der Waals surface area contributed by atoms with E-state index >= 15 is 0 Å². The average molecular weight is 488 g/mol. The standard InChI is InChI=1S/C27H29N5O2S/c33-26(31-14-6-7-15-31)24(19-9-2-1-3-10-19)35-27-30-29-25(32(27)18-20-11-8-16-34-20)22-17-28-23-13-5-4-12-21(22)23/h1-5,9-10,12-13,17,20,24,28H,6-8,11,14-16,18H2. The molecule has 180 valence electrons. The lowest BCUT2D eigenvalue weighted by Crippen LogP contribution is -2.31. The van der Waals surface area contributed by atoms with Crippen LogP contribution in [0.3, 0.4) is 0 Å². The molecular weight excluding hydrogens is 458 g/mol. The quantitative estimate of drug-likeness (QED) is 0.369. The summed E-state index contributed by atoms with van der Waals surface area (Å²) in [6.07, 6.45) is 6.34. The maximum absolute atomic E-state index is 13.6. The summed E-state index contributed by atoms with van der Waals surface area (Å²) in [6, 6.07) is 18.3. The summed E-state index contributed by atoms with van der Waals surface area (Å²) in [6.45, 7) is 3.11. The Labute approximate surface area is 208 Å². The monoisotopic (exact) mass is 487 g/mol. The maximum atomic E-state index is 13.6. The molecule has 2 atom stereocenters. The number of nitrogens with one attached hydrogen (secondary N) is 1. The summed E-state index contributed by atoms with van der Waals surface area (Å²) in [4.78, 5) is 19.0. The molecule has 7 nitrogen and oxygen atoms in total. The molecule has 1 N–H and O–H groups in total. The van der Waals surface area contributed by atoms with E-state index in [1.54, 1.807) is 0 Å². The van der Waals surface area contributed by atoms with Crippen molar-refractivity contribution in [3.63, 3.8) is 0 Å². The number of aromatic nitrogens is 4. The minimum Gasteiger partial charge on any atom is -0.376 e. The van der Waals surface area contributed by atoms with E-state index in [-0.39, 0.29) is 17.3 Å². The van der Waals surface area contributed by atoms with Gasteiger partial charge in [0.1, 0.15) is 5.25 Å². The van der Waals surface area contributed by atoms with Crippen LogP contribution in [-0.4, -0.2) is 56.4 Å².